The van der Waals surface area contributed by atoms with Crippen LogP contribution in [0.1, 0.15) is 52.4 Å². The number of halogens is 26. The summed E-state index contributed by atoms with van der Waals surface area (Å²) in [5.74, 6) is -89.4. The SMILES string of the molecule is CC(C#N)(CC(CCC(F)(F)C(F)(F)C(F)(F)C(F)(F)C(F)(F)C(F)(F)F)C(=O)O)N=NC(C)(C#N)CC(CCC(F)(F)C(F)(F)C(F)(F)C(F)(F)C(F)(F)C(F)(F)F)C(=O)O. The highest BCUT2D eigenvalue weighted by molar-refractivity contribution is 5.70. The van der Waals surface area contributed by atoms with E-state index in [0.29, 0.717) is 13.8 Å². The van der Waals surface area contributed by atoms with Gasteiger partial charge in [0, 0.05) is 25.7 Å². The fraction of sp³-hybridized carbons (Fsp3) is 0.857. The van der Waals surface area contributed by atoms with Gasteiger partial charge in [0.1, 0.15) is 0 Å². The van der Waals surface area contributed by atoms with E-state index in [2.05, 4.69) is 10.2 Å². The van der Waals surface area contributed by atoms with E-state index in [1.807, 2.05) is 0 Å². The summed E-state index contributed by atoms with van der Waals surface area (Å²) in [4.78, 5) is 23.3. The first-order chi connectivity index (χ1) is 26.9. The topological polar surface area (TPSA) is 147 Å². The monoisotopic (exact) mass is 972 g/mol. The van der Waals surface area contributed by atoms with Crippen LogP contribution >= 0.6 is 0 Å². The first-order valence-corrected chi connectivity index (χ1v) is 15.5. The molecule has 4 atom stereocenters. The quantitative estimate of drug-likeness (QED) is 0.0816. The first-order valence-electron chi connectivity index (χ1n) is 15.5. The first kappa shape index (κ1) is 57.7. The van der Waals surface area contributed by atoms with Crippen LogP contribution in [0, 0.1) is 34.5 Å². The standard InChI is InChI=1S/C28H22F26N4O4/c1-15(9-55,7-11(13(59)60)3-5-17(29,30)19(33,34)21(37,38)23(41,42)25(45,46)27(49,50)51)57-58-16(2,10-56)8-12(14(61)62)4-6-18(31,32)20(35,36)22(39,40)24(43,44)26(47,48)28(52,53)54/h11-12H,3-8H2,1-2H3,(H,59,60)(H,61,62). The van der Waals surface area contributed by atoms with Gasteiger partial charge in [0.25, 0.3) is 0 Å². The molecule has 360 valence electrons. The van der Waals surface area contributed by atoms with Crippen LogP contribution in [0.2, 0.25) is 0 Å². The van der Waals surface area contributed by atoms with E-state index in [9.17, 15) is 144 Å². The Balaban J connectivity index is 6.57. The van der Waals surface area contributed by atoms with Crippen molar-refractivity contribution >= 4 is 11.9 Å². The number of hydrogen-bond acceptors (Lipinski definition) is 6. The average molecular weight is 972 g/mol. The molecule has 0 spiro atoms. The molecule has 0 fully saturated rings. The molecule has 62 heavy (non-hydrogen) atoms. The van der Waals surface area contributed by atoms with Gasteiger partial charge in [-0.2, -0.15) is 135 Å². The maximum atomic E-state index is 14.3. The number of nitrogens with zero attached hydrogens (tertiary/aromatic N) is 4. The molecule has 0 aliphatic carbocycles. The summed E-state index contributed by atoms with van der Waals surface area (Å²) in [6.45, 7) is 0.751. The molecule has 0 heterocycles. The van der Waals surface area contributed by atoms with Crippen molar-refractivity contribution in [3.8, 4) is 12.1 Å². The maximum absolute atomic E-state index is 14.3. The van der Waals surface area contributed by atoms with Gasteiger partial charge < -0.3 is 10.2 Å². The number of carboxylic acid groups (broad SMARTS) is 2. The van der Waals surface area contributed by atoms with Gasteiger partial charge in [0.2, 0.25) is 0 Å². The normalized spacial score (nSPS) is 18.0. The minimum absolute atomic E-state index is 0.375. The summed E-state index contributed by atoms with van der Waals surface area (Å²) in [6, 6.07) is 2.03. The summed E-state index contributed by atoms with van der Waals surface area (Å²) in [5.41, 5.74) is -5.96. The van der Waals surface area contributed by atoms with Gasteiger partial charge in [-0.15, -0.1) is 0 Å². The Morgan fingerprint density at radius 2 is 0.645 bits per heavy atom. The number of hydrogen-bond donors (Lipinski definition) is 2. The molecule has 8 nitrogen and oxygen atoms in total. The number of aliphatic carboxylic acids is 2. The second kappa shape index (κ2) is 17.0. The smallest absolute Gasteiger partial charge is 0.460 e. The summed E-state index contributed by atoms with van der Waals surface area (Å²) in [7, 11) is 0. The van der Waals surface area contributed by atoms with Crippen molar-refractivity contribution in [2.24, 2.45) is 22.1 Å². The summed E-state index contributed by atoms with van der Waals surface area (Å²) < 4.78 is 349. The molecule has 0 bridgehead atoms. The van der Waals surface area contributed by atoms with E-state index in [-0.39, 0.29) is 0 Å². The fourth-order valence-corrected chi connectivity index (χ4v) is 4.65. The van der Waals surface area contributed by atoms with Crippen LogP contribution in [0.3, 0.4) is 0 Å². The molecule has 4 unspecified atom stereocenters. The second-order valence-electron chi connectivity index (χ2n) is 13.5. The highest BCUT2D eigenvalue weighted by Crippen LogP contribution is 2.62. The van der Waals surface area contributed by atoms with Crippen molar-refractivity contribution < 1.29 is 134 Å². The molecule has 34 heteroatoms. The molecule has 0 aromatic rings. The zero-order chi connectivity index (χ0) is 50.4. The Kier molecular flexibility index (Phi) is 15.8. The van der Waals surface area contributed by atoms with Crippen molar-refractivity contribution in [1.29, 1.82) is 10.5 Å². The average Bonchev–Trinajstić information content (AvgIpc) is 3.09. The van der Waals surface area contributed by atoms with Gasteiger partial charge in [-0.05, 0) is 26.7 Å². The highest BCUT2D eigenvalue weighted by atomic mass is 19.4. The second-order valence-corrected chi connectivity index (χ2v) is 13.5. The molecular formula is C28H22F26N4O4. The number of alkyl halides is 26. The van der Waals surface area contributed by atoms with E-state index in [4.69, 9.17) is 0 Å². The molecule has 0 saturated carbocycles. The summed E-state index contributed by atoms with van der Waals surface area (Å²) in [5, 5.41) is 43.6. The summed E-state index contributed by atoms with van der Waals surface area (Å²) >= 11 is 0. The predicted octanol–water partition coefficient (Wildman–Crippen LogP) is 11.2. The Morgan fingerprint density at radius 3 is 0.823 bits per heavy atom. The Hall–Kier alpha value is -4.30. The molecule has 2 N–H and O–H groups in total. The van der Waals surface area contributed by atoms with Gasteiger partial charge in [-0.3, -0.25) is 9.59 Å². The van der Waals surface area contributed by atoms with Crippen LogP contribution < -0.4 is 0 Å². The number of carboxylic acids is 2. The van der Waals surface area contributed by atoms with Gasteiger partial charge in [-0.25, -0.2) is 0 Å². The maximum Gasteiger partial charge on any atom is 0.460 e. The van der Waals surface area contributed by atoms with Gasteiger partial charge in [0.15, 0.2) is 11.1 Å². The van der Waals surface area contributed by atoms with Crippen LogP contribution in [0.5, 0.6) is 0 Å². The zero-order valence-corrected chi connectivity index (χ0v) is 29.7. The third-order valence-corrected chi connectivity index (χ3v) is 8.57. The fourth-order valence-electron chi connectivity index (χ4n) is 4.65. The lowest BCUT2D eigenvalue weighted by molar-refractivity contribution is -0.440. The van der Waals surface area contributed by atoms with E-state index in [0.717, 1.165) is 12.1 Å². The predicted molar refractivity (Wildman–Crippen MR) is 144 cm³/mol. The lowest BCUT2D eigenvalue weighted by Crippen LogP contribution is -2.70. The highest BCUT2D eigenvalue weighted by Gasteiger charge is 2.92. The lowest BCUT2D eigenvalue weighted by atomic mass is 9.84. The Bertz CT molecular complexity index is 1620. The third kappa shape index (κ3) is 10.1. The molecule has 0 aromatic heterocycles. The minimum atomic E-state index is -8.32. The van der Waals surface area contributed by atoms with Crippen molar-refractivity contribution in [3.63, 3.8) is 0 Å². The molecule has 0 amide bonds. The molecule has 0 aliphatic rings. The van der Waals surface area contributed by atoms with Crippen LogP contribution in [0.4, 0.5) is 114 Å². The van der Waals surface area contributed by atoms with Gasteiger partial charge in [0.05, 0.1) is 24.0 Å². The van der Waals surface area contributed by atoms with E-state index in [1.54, 1.807) is 0 Å². The van der Waals surface area contributed by atoms with Crippen molar-refractivity contribution in [2.75, 3.05) is 0 Å². The Labute approximate surface area is 326 Å². The molecule has 0 radical (unpaired) electrons. The zero-order valence-electron chi connectivity index (χ0n) is 29.7. The van der Waals surface area contributed by atoms with Crippen LogP contribution in [-0.2, 0) is 9.59 Å². The minimum Gasteiger partial charge on any atom is -0.481 e. The largest absolute Gasteiger partial charge is 0.481 e. The summed E-state index contributed by atoms with van der Waals surface area (Å²) in [6.07, 6.45) is -29.6. The lowest BCUT2D eigenvalue weighted by Gasteiger charge is -2.40. The Morgan fingerprint density at radius 1 is 0.435 bits per heavy atom. The number of nitriles is 2. The van der Waals surface area contributed by atoms with E-state index in [1.165, 1.54) is 0 Å². The number of carbonyl (C=O) groups is 2. The van der Waals surface area contributed by atoms with E-state index < -0.39 is 145 Å². The third-order valence-electron chi connectivity index (χ3n) is 8.57. The van der Waals surface area contributed by atoms with Crippen molar-refractivity contribution in [1.82, 2.24) is 0 Å². The van der Waals surface area contributed by atoms with Crippen LogP contribution in [0.25, 0.3) is 0 Å². The van der Waals surface area contributed by atoms with E-state index >= 15 is 0 Å². The number of azo groups is 1. The van der Waals surface area contributed by atoms with Gasteiger partial charge >= 0.3 is 83.5 Å². The number of rotatable bonds is 22. The molecule has 0 aromatic carbocycles. The van der Waals surface area contributed by atoms with Gasteiger partial charge in [-0.1, -0.05) is 0 Å². The van der Waals surface area contributed by atoms with Crippen molar-refractivity contribution in [3.05, 3.63) is 0 Å². The van der Waals surface area contributed by atoms with Crippen LogP contribution in [-0.4, -0.2) is 105 Å². The molecule has 0 aliphatic heterocycles. The molecular weight excluding hydrogens is 950 g/mol. The molecule has 0 rings (SSSR count). The van der Waals surface area contributed by atoms with Crippen LogP contribution in [0.15, 0.2) is 10.2 Å². The van der Waals surface area contributed by atoms with Crippen molar-refractivity contribution in [2.45, 2.75) is 135 Å². The molecule has 0 saturated heterocycles.